The number of hydrogen-bond donors (Lipinski definition) is 2. The summed E-state index contributed by atoms with van der Waals surface area (Å²) in [5.41, 5.74) is 0.324. The summed E-state index contributed by atoms with van der Waals surface area (Å²) < 4.78 is 38.7. The summed E-state index contributed by atoms with van der Waals surface area (Å²) in [5.74, 6) is 0.311. The molecule has 0 spiro atoms. The van der Waals surface area contributed by atoms with Crippen LogP contribution in [0.2, 0.25) is 15.1 Å². The molecule has 2 aromatic heterocycles. The largest absolute Gasteiger partial charge is 0.417 e. The van der Waals surface area contributed by atoms with E-state index in [-0.39, 0.29) is 0 Å². The molecule has 0 saturated heterocycles. The number of nitrogens with one attached hydrogen (secondary N) is 2. The molecule has 0 radical (unpaired) electrons. The van der Waals surface area contributed by atoms with E-state index in [1.54, 1.807) is 18.2 Å². The fourth-order valence-electron chi connectivity index (χ4n) is 2.58. The van der Waals surface area contributed by atoms with Gasteiger partial charge in [0.15, 0.2) is 15.8 Å². The lowest BCUT2D eigenvalue weighted by molar-refractivity contribution is -0.137. The summed E-state index contributed by atoms with van der Waals surface area (Å²) in [6.45, 7) is 0. The number of para-hydroxylation sites is 1. The molecule has 0 amide bonds. The highest BCUT2D eigenvalue weighted by atomic mass is 35.5. The second kappa shape index (κ2) is 8.07. The smallest absolute Gasteiger partial charge is 0.338 e. The topological polar surface area (TPSA) is 62.7 Å². The van der Waals surface area contributed by atoms with Gasteiger partial charge in [-0.05, 0) is 30.3 Å². The third-order valence-corrected chi connectivity index (χ3v) is 5.75. The number of fused-ring (bicyclic) bond motifs is 1. The van der Waals surface area contributed by atoms with E-state index in [0.717, 1.165) is 6.07 Å². The number of thiazole rings is 1. The molecule has 12 heteroatoms. The summed E-state index contributed by atoms with van der Waals surface area (Å²) in [6, 6.07) is 8.42. The van der Waals surface area contributed by atoms with Crippen molar-refractivity contribution in [2.24, 2.45) is 0 Å². The Hall–Kier alpha value is -2.33. The van der Waals surface area contributed by atoms with Crippen molar-refractivity contribution in [3.8, 4) is 0 Å². The highest BCUT2D eigenvalue weighted by Gasteiger charge is 2.33. The van der Waals surface area contributed by atoms with Crippen LogP contribution in [-0.4, -0.2) is 15.0 Å². The van der Waals surface area contributed by atoms with Gasteiger partial charge in [0.1, 0.15) is 11.8 Å². The minimum absolute atomic E-state index is 0.311. The molecule has 4 aromatic rings. The Labute approximate surface area is 186 Å². The van der Waals surface area contributed by atoms with Crippen LogP contribution in [0.5, 0.6) is 0 Å². The van der Waals surface area contributed by atoms with E-state index >= 15 is 0 Å². The standard InChI is InChI=1S/C18H9Cl3F3N5S/c19-10-2-1-3-11(20)13(10)28-17-29-14-15(25-7-26-16(14)30-17)27-8-4-5-9(12(21)6-8)18(22,23)24/h1-7H,(H,28,29)(H,25,26,27). The van der Waals surface area contributed by atoms with Crippen molar-refractivity contribution in [1.29, 1.82) is 0 Å². The zero-order valence-corrected chi connectivity index (χ0v) is 17.6. The highest BCUT2D eigenvalue weighted by Crippen LogP contribution is 2.38. The van der Waals surface area contributed by atoms with Crippen molar-refractivity contribution in [2.75, 3.05) is 10.6 Å². The fraction of sp³-hybridized carbons (Fsp3) is 0.0556. The molecule has 30 heavy (non-hydrogen) atoms. The molecule has 0 aliphatic rings. The lowest BCUT2D eigenvalue weighted by Gasteiger charge is -2.11. The van der Waals surface area contributed by atoms with Gasteiger partial charge < -0.3 is 10.6 Å². The molecule has 4 rings (SSSR count). The molecule has 0 atom stereocenters. The first-order valence-electron chi connectivity index (χ1n) is 8.19. The highest BCUT2D eigenvalue weighted by molar-refractivity contribution is 7.21. The van der Waals surface area contributed by atoms with Crippen molar-refractivity contribution in [3.05, 3.63) is 63.4 Å². The quantitative estimate of drug-likeness (QED) is 0.309. The summed E-state index contributed by atoms with van der Waals surface area (Å²) in [5, 5.41) is 6.87. The zero-order chi connectivity index (χ0) is 21.5. The molecule has 0 fully saturated rings. The van der Waals surface area contributed by atoms with Crippen LogP contribution >= 0.6 is 46.1 Å². The zero-order valence-electron chi connectivity index (χ0n) is 14.6. The molecule has 0 aliphatic heterocycles. The molecular weight excluding hydrogens is 482 g/mol. The number of alkyl halides is 3. The second-order valence-electron chi connectivity index (χ2n) is 5.93. The Bertz CT molecular complexity index is 1230. The van der Waals surface area contributed by atoms with E-state index in [1.807, 2.05) is 0 Å². The summed E-state index contributed by atoms with van der Waals surface area (Å²) in [4.78, 5) is 13.3. The van der Waals surface area contributed by atoms with E-state index < -0.39 is 16.8 Å². The first-order chi connectivity index (χ1) is 14.2. The van der Waals surface area contributed by atoms with Crippen molar-refractivity contribution in [2.45, 2.75) is 6.18 Å². The van der Waals surface area contributed by atoms with Gasteiger partial charge in [-0.1, -0.05) is 52.2 Å². The van der Waals surface area contributed by atoms with Crippen LogP contribution < -0.4 is 10.6 Å². The molecule has 154 valence electrons. The van der Waals surface area contributed by atoms with Gasteiger partial charge in [-0.3, -0.25) is 0 Å². The summed E-state index contributed by atoms with van der Waals surface area (Å²) in [7, 11) is 0. The number of aromatic nitrogens is 3. The second-order valence-corrected chi connectivity index (χ2v) is 8.13. The van der Waals surface area contributed by atoms with E-state index in [2.05, 4.69) is 25.6 Å². The van der Waals surface area contributed by atoms with Gasteiger partial charge in [0, 0.05) is 5.69 Å². The molecule has 2 heterocycles. The molecule has 0 unspecified atom stereocenters. The first-order valence-corrected chi connectivity index (χ1v) is 10.1. The lowest BCUT2D eigenvalue weighted by Crippen LogP contribution is -2.06. The first kappa shape index (κ1) is 20.9. The predicted molar refractivity (Wildman–Crippen MR) is 115 cm³/mol. The number of rotatable bonds is 4. The van der Waals surface area contributed by atoms with Crippen LogP contribution in [0.1, 0.15) is 5.56 Å². The lowest BCUT2D eigenvalue weighted by atomic mass is 10.2. The minimum Gasteiger partial charge on any atom is -0.338 e. The number of nitrogens with zero attached hydrogens (tertiary/aromatic N) is 3. The third kappa shape index (κ3) is 4.24. The van der Waals surface area contributed by atoms with Crippen molar-refractivity contribution in [3.63, 3.8) is 0 Å². The molecule has 0 saturated carbocycles. The van der Waals surface area contributed by atoms with Crippen LogP contribution in [-0.2, 0) is 6.18 Å². The average molecular weight is 491 g/mol. The Morgan fingerprint density at radius 2 is 1.63 bits per heavy atom. The predicted octanol–water partition coefficient (Wildman–Crippen LogP) is 7.55. The monoisotopic (exact) mass is 489 g/mol. The van der Waals surface area contributed by atoms with Crippen LogP contribution in [0.25, 0.3) is 10.3 Å². The van der Waals surface area contributed by atoms with E-state index in [9.17, 15) is 13.2 Å². The van der Waals surface area contributed by atoms with E-state index in [0.29, 0.717) is 42.7 Å². The Morgan fingerprint density at radius 1 is 0.900 bits per heavy atom. The molecule has 0 bridgehead atoms. The van der Waals surface area contributed by atoms with Crippen LogP contribution in [0.4, 0.5) is 35.5 Å². The van der Waals surface area contributed by atoms with Gasteiger partial charge >= 0.3 is 6.18 Å². The van der Waals surface area contributed by atoms with Crippen molar-refractivity contribution < 1.29 is 13.2 Å². The average Bonchev–Trinajstić information content (AvgIpc) is 3.08. The van der Waals surface area contributed by atoms with E-state index in [1.165, 1.54) is 29.8 Å². The van der Waals surface area contributed by atoms with Gasteiger partial charge in [0.25, 0.3) is 0 Å². The minimum atomic E-state index is -4.53. The van der Waals surface area contributed by atoms with Crippen LogP contribution in [0.3, 0.4) is 0 Å². The number of benzene rings is 2. The number of halogens is 6. The van der Waals surface area contributed by atoms with Gasteiger partial charge in [0.05, 0.1) is 26.3 Å². The fourth-order valence-corrected chi connectivity index (χ4v) is 4.17. The molecule has 5 nitrogen and oxygen atoms in total. The maximum atomic E-state index is 12.9. The molecule has 0 aliphatic carbocycles. The summed E-state index contributed by atoms with van der Waals surface area (Å²) >= 11 is 19.4. The SMILES string of the molecule is FC(F)(F)c1ccc(Nc2ncnc3sc(Nc4c(Cl)cccc4Cl)nc23)cc1Cl. The van der Waals surface area contributed by atoms with Crippen LogP contribution in [0, 0.1) is 0 Å². The maximum Gasteiger partial charge on any atom is 0.417 e. The Kier molecular flexibility index (Phi) is 5.63. The van der Waals surface area contributed by atoms with Gasteiger partial charge in [-0.15, -0.1) is 0 Å². The van der Waals surface area contributed by atoms with Crippen LogP contribution in [0.15, 0.2) is 42.7 Å². The van der Waals surface area contributed by atoms with Gasteiger partial charge in [0.2, 0.25) is 0 Å². The maximum absolute atomic E-state index is 12.9. The molecule has 2 aromatic carbocycles. The van der Waals surface area contributed by atoms with Gasteiger partial charge in [-0.25, -0.2) is 15.0 Å². The Balaban J connectivity index is 1.65. The van der Waals surface area contributed by atoms with E-state index in [4.69, 9.17) is 34.8 Å². The third-order valence-electron chi connectivity index (χ3n) is 3.93. The summed E-state index contributed by atoms with van der Waals surface area (Å²) in [6.07, 6.45) is -3.21. The molecular formula is C18H9Cl3F3N5S. The number of anilines is 4. The normalized spacial score (nSPS) is 11.7. The number of hydrogen-bond acceptors (Lipinski definition) is 6. The molecule has 2 N–H and O–H groups in total. The van der Waals surface area contributed by atoms with Gasteiger partial charge in [-0.2, -0.15) is 13.2 Å². The van der Waals surface area contributed by atoms with Crippen molar-refractivity contribution in [1.82, 2.24) is 15.0 Å². The van der Waals surface area contributed by atoms with Crippen molar-refractivity contribution >= 4 is 78.8 Å². The Morgan fingerprint density at radius 3 is 2.30 bits per heavy atom.